The second kappa shape index (κ2) is 7.28. The van der Waals surface area contributed by atoms with Crippen molar-refractivity contribution in [1.29, 1.82) is 0 Å². The Hall–Kier alpha value is -2.28. The third kappa shape index (κ3) is 4.76. The molecule has 0 aliphatic rings. The van der Waals surface area contributed by atoms with Crippen LogP contribution in [0, 0.1) is 17.5 Å². The number of benzene rings is 2. The Morgan fingerprint density at radius 1 is 0.786 bits per heavy atom. The van der Waals surface area contributed by atoms with Gasteiger partial charge in [0.15, 0.2) is 17.5 Å². The quantitative estimate of drug-likeness (QED) is 0.561. The highest BCUT2D eigenvalue weighted by molar-refractivity contribution is 7.89. The lowest BCUT2D eigenvalue weighted by atomic mass is 10.1. The van der Waals surface area contributed by atoms with Crippen molar-refractivity contribution in [2.24, 2.45) is 0 Å². The summed E-state index contributed by atoms with van der Waals surface area (Å²) in [5, 5.41) is 0. The zero-order valence-electron chi connectivity index (χ0n) is 13.2. The van der Waals surface area contributed by atoms with E-state index in [2.05, 4.69) is 0 Å². The summed E-state index contributed by atoms with van der Waals surface area (Å²) in [4.78, 5) is -1.39. The van der Waals surface area contributed by atoms with E-state index in [1.165, 1.54) is 0 Å². The number of hydrogen-bond acceptors (Lipinski definition) is 2. The van der Waals surface area contributed by atoms with E-state index < -0.39 is 68.0 Å². The molecule has 0 bridgehead atoms. The molecule has 0 saturated heterocycles. The molecular formula is C15H8F9NO2S. The summed E-state index contributed by atoms with van der Waals surface area (Å²) in [5.41, 5.74) is -4.46. The van der Waals surface area contributed by atoms with Crippen LogP contribution in [0.5, 0.6) is 0 Å². The van der Waals surface area contributed by atoms with Gasteiger partial charge in [0.2, 0.25) is 10.0 Å². The molecular weight excluding hydrogens is 429 g/mol. The van der Waals surface area contributed by atoms with Crippen molar-refractivity contribution in [3.05, 3.63) is 64.5 Å². The smallest absolute Gasteiger partial charge is 0.207 e. The molecule has 2 aromatic rings. The van der Waals surface area contributed by atoms with E-state index in [1.807, 2.05) is 0 Å². The van der Waals surface area contributed by atoms with E-state index >= 15 is 0 Å². The molecule has 0 atom stereocenters. The Morgan fingerprint density at radius 3 is 1.75 bits per heavy atom. The molecule has 3 nitrogen and oxygen atoms in total. The Balaban J connectivity index is 2.44. The first-order valence-electron chi connectivity index (χ1n) is 7.04. The highest BCUT2D eigenvalue weighted by Crippen LogP contribution is 2.37. The van der Waals surface area contributed by atoms with Crippen LogP contribution in [-0.2, 0) is 28.9 Å². The third-order valence-electron chi connectivity index (χ3n) is 3.44. The first-order chi connectivity index (χ1) is 12.6. The molecule has 0 amide bonds. The molecule has 1 N–H and O–H groups in total. The van der Waals surface area contributed by atoms with Gasteiger partial charge in [0.05, 0.1) is 16.0 Å². The van der Waals surface area contributed by atoms with Gasteiger partial charge >= 0.3 is 12.4 Å². The zero-order valence-corrected chi connectivity index (χ0v) is 14.0. The van der Waals surface area contributed by atoms with Crippen molar-refractivity contribution in [2.75, 3.05) is 0 Å². The molecule has 0 saturated carbocycles. The maximum absolute atomic E-state index is 13.5. The minimum absolute atomic E-state index is 0.0425. The Kier molecular flexibility index (Phi) is 5.72. The van der Waals surface area contributed by atoms with Gasteiger partial charge in [-0.15, -0.1) is 0 Å². The van der Waals surface area contributed by atoms with E-state index in [-0.39, 0.29) is 18.2 Å². The fourth-order valence-electron chi connectivity index (χ4n) is 2.04. The number of alkyl halides is 6. The molecule has 0 aliphatic heterocycles. The first-order valence-corrected chi connectivity index (χ1v) is 8.53. The number of nitrogens with one attached hydrogen (secondary N) is 1. The Morgan fingerprint density at radius 2 is 1.29 bits per heavy atom. The summed E-state index contributed by atoms with van der Waals surface area (Å²) in [5.74, 6) is -5.25. The fourth-order valence-corrected chi connectivity index (χ4v) is 3.12. The van der Waals surface area contributed by atoms with E-state index in [9.17, 15) is 47.9 Å². The van der Waals surface area contributed by atoms with Crippen LogP contribution in [0.1, 0.15) is 16.7 Å². The van der Waals surface area contributed by atoms with Crippen LogP contribution in [0.3, 0.4) is 0 Å². The highest BCUT2D eigenvalue weighted by atomic mass is 32.2. The van der Waals surface area contributed by atoms with E-state index in [4.69, 9.17) is 0 Å². The summed E-state index contributed by atoms with van der Waals surface area (Å²) in [6.45, 7) is -1.05. The van der Waals surface area contributed by atoms with Gasteiger partial charge in [-0.3, -0.25) is 0 Å². The van der Waals surface area contributed by atoms with Crippen LogP contribution in [0.2, 0.25) is 0 Å². The van der Waals surface area contributed by atoms with Crippen molar-refractivity contribution in [3.63, 3.8) is 0 Å². The standard InChI is InChI=1S/C15H8F9NO2S/c16-11-2-1-7(12(17)13(11)18)6-25-28(26,27)10-4-8(14(19,20)21)3-9(5-10)15(22,23)24/h1-5,25H,6H2. The van der Waals surface area contributed by atoms with Gasteiger partial charge in [-0.1, -0.05) is 6.07 Å². The SMILES string of the molecule is O=S(=O)(NCc1ccc(F)c(F)c1F)c1cc(C(F)(F)F)cc(C(F)(F)F)c1. The molecule has 28 heavy (non-hydrogen) atoms. The molecule has 154 valence electrons. The van der Waals surface area contributed by atoms with Crippen LogP contribution < -0.4 is 4.72 Å². The summed E-state index contributed by atoms with van der Waals surface area (Å²) >= 11 is 0. The van der Waals surface area contributed by atoms with Gasteiger partial charge in [0, 0.05) is 12.1 Å². The van der Waals surface area contributed by atoms with Crippen molar-refractivity contribution in [2.45, 2.75) is 23.8 Å². The normalized spacial score (nSPS) is 13.0. The largest absolute Gasteiger partial charge is 0.416 e. The minimum atomic E-state index is -5.28. The van der Waals surface area contributed by atoms with Crippen molar-refractivity contribution in [1.82, 2.24) is 4.72 Å². The molecule has 13 heteroatoms. The molecule has 0 fully saturated rings. The zero-order chi connectivity index (χ0) is 21.5. The van der Waals surface area contributed by atoms with Gasteiger partial charge < -0.3 is 0 Å². The summed E-state index contributed by atoms with van der Waals surface area (Å²) in [6.07, 6.45) is -10.6. The van der Waals surface area contributed by atoms with Crippen LogP contribution in [0.25, 0.3) is 0 Å². The number of rotatable bonds is 4. The molecule has 0 aliphatic carbocycles. The maximum atomic E-state index is 13.5. The Labute approximate surface area is 151 Å². The molecule has 2 rings (SSSR count). The van der Waals surface area contributed by atoms with Gasteiger partial charge in [-0.25, -0.2) is 26.3 Å². The fraction of sp³-hybridized carbons (Fsp3) is 0.200. The van der Waals surface area contributed by atoms with Crippen molar-refractivity contribution >= 4 is 10.0 Å². The lowest BCUT2D eigenvalue weighted by Crippen LogP contribution is -2.25. The van der Waals surface area contributed by atoms with Crippen LogP contribution in [-0.4, -0.2) is 8.42 Å². The topological polar surface area (TPSA) is 46.2 Å². The summed E-state index contributed by atoms with van der Waals surface area (Å²) < 4.78 is 142. The molecule has 0 unspecified atom stereocenters. The van der Waals surface area contributed by atoms with E-state index in [0.29, 0.717) is 12.1 Å². The number of hydrogen-bond donors (Lipinski definition) is 1. The number of halogens is 9. The summed E-state index contributed by atoms with van der Waals surface area (Å²) in [7, 11) is -5.00. The predicted octanol–water partition coefficient (Wildman–Crippen LogP) is 4.62. The predicted molar refractivity (Wildman–Crippen MR) is 76.8 cm³/mol. The number of sulfonamides is 1. The third-order valence-corrected chi connectivity index (χ3v) is 4.82. The highest BCUT2D eigenvalue weighted by Gasteiger charge is 2.38. The molecule has 0 radical (unpaired) electrons. The second-order valence-corrected chi connectivity index (χ2v) is 7.17. The van der Waals surface area contributed by atoms with Crippen LogP contribution in [0.4, 0.5) is 39.5 Å². The molecule has 0 spiro atoms. The molecule has 2 aromatic carbocycles. The first kappa shape index (κ1) is 22.0. The second-order valence-electron chi connectivity index (χ2n) is 5.40. The van der Waals surface area contributed by atoms with E-state index in [1.54, 1.807) is 4.72 Å². The minimum Gasteiger partial charge on any atom is -0.207 e. The maximum Gasteiger partial charge on any atom is 0.416 e. The Bertz CT molecular complexity index is 966. The van der Waals surface area contributed by atoms with Crippen LogP contribution in [0.15, 0.2) is 35.2 Å². The van der Waals surface area contributed by atoms with Crippen molar-refractivity contribution in [3.8, 4) is 0 Å². The van der Waals surface area contributed by atoms with Gasteiger partial charge in [0.1, 0.15) is 0 Å². The average Bonchev–Trinajstić information content (AvgIpc) is 2.57. The lowest BCUT2D eigenvalue weighted by molar-refractivity contribution is -0.143. The summed E-state index contributed by atoms with van der Waals surface area (Å²) in [6, 6.07) is 0.768. The van der Waals surface area contributed by atoms with Gasteiger partial charge in [-0.05, 0) is 24.3 Å². The van der Waals surface area contributed by atoms with Gasteiger partial charge in [-0.2, -0.15) is 26.3 Å². The lowest BCUT2D eigenvalue weighted by Gasteiger charge is -2.15. The van der Waals surface area contributed by atoms with Crippen molar-refractivity contribution < 1.29 is 47.9 Å². The average molecular weight is 437 g/mol. The molecule has 0 heterocycles. The molecule has 0 aromatic heterocycles. The van der Waals surface area contributed by atoms with Gasteiger partial charge in [0.25, 0.3) is 0 Å². The van der Waals surface area contributed by atoms with Crippen LogP contribution >= 0.6 is 0 Å². The van der Waals surface area contributed by atoms with E-state index in [0.717, 1.165) is 0 Å². The monoisotopic (exact) mass is 437 g/mol.